The van der Waals surface area contributed by atoms with Crippen molar-refractivity contribution >= 4 is 10.8 Å². The summed E-state index contributed by atoms with van der Waals surface area (Å²) in [6.07, 6.45) is 0.718. The van der Waals surface area contributed by atoms with Gasteiger partial charge in [-0.15, -0.1) is 0 Å². The van der Waals surface area contributed by atoms with Crippen molar-refractivity contribution < 1.29 is 13.3 Å². The van der Waals surface area contributed by atoms with Crippen molar-refractivity contribution in [2.45, 2.75) is 19.1 Å². The standard InChI is InChI=1S/C17H19FO2S/c1-14-4-2-5-15(12-14)13-21(19)11-3-10-20-17-8-6-16(18)7-9-17/h2,4-9,12H,3,10-11,13H2,1H3. The van der Waals surface area contributed by atoms with Crippen LogP contribution in [0.15, 0.2) is 48.5 Å². The smallest absolute Gasteiger partial charge is 0.123 e. The third-order valence-electron chi connectivity index (χ3n) is 3.01. The van der Waals surface area contributed by atoms with Gasteiger partial charge in [-0.1, -0.05) is 29.8 Å². The summed E-state index contributed by atoms with van der Waals surface area (Å²) < 4.78 is 30.2. The molecule has 1 atom stereocenters. The van der Waals surface area contributed by atoms with Gasteiger partial charge in [0.1, 0.15) is 11.6 Å². The Labute approximate surface area is 127 Å². The minimum atomic E-state index is -0.881. The lowest BCUT2D eigenvalue weighted by Gasteiger charge is -2.06. The molecule has 0 bridgehead atoms. The zero-order valence-electron chi connectivity index (χ0n) is 12.0. The average molecular weight is 306 g/mol. The molecular formula is C17H19FO2S. The molecule has 2 aromatic rings. The molecule has 0 N–H and O–H groups in total. The molecule has 0 saturated heterocycles. The maximum absolute atomic E-state index is 12.7. The van der Waals surface area contributed by atoms with Gasteiger partial charge in [-0.2, -0.15) is 0 Å². The van der Waals surface area contributed by atoms with Crippen LogP contribution in [0, 0.1) is 12.7 Å². The Kier molecular flexibility index (Phi) is 5.93. The number of halogens is 1. The molecule has 4 heteroatoms. The van der Waals surface area contributed by atoms with E-state index < -0.39 is 10.8 Å². The van der Waals surface area contributed by atoms with E-state index in [1.807, 2.05) is 25.1 Å². The summed E-state index contributed by atoms with van der Waals surface area (Å²) in [6.45, 7) is 2.52. The van der Waals surface area contributed by atoms with Crippen LogP contribution in [0.3, 0.4) is 0 Å². The number of aryl methyl sites for hydroxylation is 1. The van der Waals surface area contributed by atoms with Crippen LogP contribution in [0.4, 0.5) is 4.39 Å². The van der Waals surface area contributed by atoms with Gasteiger partial charge in [0.25, 0.3) is 0 Å². The molecule has 0 aromatic heterocycles. The molecule has 0 aliphatic rings. The van der Waals surface area contributed by atoms with E-state index in [-0.39, 0.29) is 5.82 Å². The Balaban J connectivity index is 1.68. The van der Waals surface area contributed by atoms with Crippen molar-refractivity contribution in [1.82, 2.24) is 0 Å². The van der Waals surface area contributed by atoms with Crippen LogP contribution in [0.5, 0.6) is 5.75 Å². The molecule has 2 aromatic carbocycles. The van der Waals surface area contributed by atoms with Crippen molar-refractivity contribution in [2.24, 2.45) is 0 Å². The van der Waals surface area contributed by atoms with Crippen molar-refractivity contribution in [2.75, 3.05) is 12.4 Å². The SMILES string of the molecule is Cc1cccc(CS(=O)CCCOc2ccc(F)cc2)c1. The molecule has 0 amide bonds. The summed E-state index contributed by atoms with van der Waals surface area (Å²) in [4.78, 5) is 0. The predicted molar refractivity (Wildman–Crippen MR) is 84.4 cm³/mol. The molecule has 21 heavy (non-hydrogen) atoms. The van der Waals surface area contributed by atoms with E-state index in [1.165, 1.54) is 17.7 Å². The van der Waals surface area contributed by atoms with Crippen LogP contribution in [-0.4, -0.2) is 16.6 Å². The quantitative estimate of drug-likeness (QED) is 0.726. The first-order valence-electron chi connectivity index (χ1n) is 6.92. The van der Waals surface area contributed by atoms with Gasteiger partial charge < -0.3 is 4.74 Å². The Bertz CT molecular complexity index is 596. The summed E-state index contributed by atoms with van der Waals surface area (Å²) in [6, 6.07) is 14.0. The van der Waals surface area contributed by atoms with E-state index in [4.69, 9.17) is 4.74 Å². The maximum atomic E-state index is 12.7. The zero-order chi connectivity index (χ0) is 15.1. The highest BCUT2D eigenvalue weighted by Crippen LogP contribution is 2.12. The van der Waals surface area contributed by atoms with Gasteiger partial charge in [0.15, 0.2) is 0 Å². The summed E-state index contributed by atoms with van der Waals surface area (Å²) >= 11 is 0. The largest absolute Gasteiger partial charge is 0.494 e. The summed E-state index contributed by atoms with van der Waals surface area (Å²) in [5, 5.41) is 0. The number of benzene rings is 2. The molecule has 0 spiro atoms. The molecule has 0 aliphatic heterocycles. The van der Waals surface area contributed by atoms with Crippen LogP contribution < -0.4 is 4.74 Å². The van der Waals surface area contributed by atoms with E-state index in [2.05, 4.69) is 6.07 Å². The number of rotatable bonds is 7. The van der Waals surface area contributed by atoms with Crippen LogP contribution in [0.1, 0.15) is 17.5 Å². The van der Waals surface area contributed by atoms with E-state index >= 15 is 0 Å². The minimum absolute atomic E-state index is 0.276. The van der Waals surface area contributed by atoms with Gasteiger partial charge >= 0.3 is 0 Å². The Morgan fingerprint density at radius 1 is 1.14 bits per heavy atom. The first kappa shape index (κ1) is 15.7. The van der Waals surface area contributed by atoms with Crippen molar-refractivity contribution in [1.29, 1.82) is 0 Å². The molecule has 0 aliphatic carbocycles. The molecule has 2 rings (SSSR count). The Morgan fingerprint density at radius 3 is 2.62 bits per heavy atom. The molecule has 1 unspecified atom stereocenters. The lowest BCUT2D eigenvalue weighted by molar-refractivity contribution is 0.318. The van der Waals surface area contributed by atoms with Gasteiger partial charge in [-0.05, 0) is 43.2 Å². The highest BCUT2D eigenvalue weighted by Gasteiger charge is 2.03. The maximum Gasteiger partial charge on any atom is 0.123 e. The van der Waals surface area contributed by atoms with Gasteiger partial charge in [0.05, 0.1) is 6.61 Å². The number of ether oxygens (including phenoxy) is 1. The second kappa shape index (κ2) is 7.93. The van der Waals surface area contributed by atoms with E-state index in [0.717, 1.165) is 12.0 Å². The van der Waals surface area contributed by atoms with Crippen molar-refractivity contribution in [3.05, 3.63) is 65.5 Å². The third-order valence-corrected chi connectivity index (χ3v) is 4.41. The van der Waals surface area contributed by atoms with Gasteiger partial charge in [-0.25, -0.2) is 4.39 Å². The highest BCUT2D eigenvalue weighted by atomic mass is 32.2. The van der Waals surface area contributed by atoms with Crippen LogP contribution >= 0.6 is 0 Å². The topological polar surface area (TPSA) is 26.3 Å². The highest BCUT2D eigenvalue weighted by molar-refractivity contribution is 7.84. The molecule has 112 valence electrons. The average Bonchev–Trinajstić information content (AvgIpc) is 2.45. The first-order chi connectivity index (χ1) is 10.1. The van der Waals surface area contributed by atoms with Gasteiger partial charge in [0.2, 0.25) is 0 Å². The molecule has 0 fully saturated rings. The van der Waals surface area contributed by atoms with Gasteiger partial charge in [-0.3, -0.25) is 4.21 Å². The van der Waals surface area contributed by atoms with Crippen LogP contribution in [0.2, 0.25) is 0 Å². The molecule has 0 saturated carbocycles. The van der Waals surface area contributed by atoms with E-state index in [9.17, 15) is 8.60 Å². The Hall–Kier alpha value is -1.68. The fourth-order valence-corrected chi connectivity index (χ4v) is 3.14. The fourth-order valence-electron chi connectivity index (χ4n) is 2.00. The van der Waals surface area contributed by atoms with Crippen molar-refractivity contribution in [3.63, 3.8) is 0 Å². The van der Waals surface area contributed by atoms with Crippen LogP contribution in [0.25, 0.3) is 0 Å². The molecule has 0 radical (unpaired) electrons. The lowest BCUT2D eigenvalue weighted by Crippen LogP contribution is -2.06. The van der Waals surface area contributed by atoms with E-state index in [1.54, 1.807) is 12.1 Å². The number of hydrogen-bond donors (Lipinski definition) is 0. The fraction of sp³-hybridized carbons (Fsp3) is 0.294. The molecule has 2 nitrogen and oxygen atoms in total. The minimum Gasteiger partial charge on any atom is -0.494 e. The summed E-state index contributed by atoms with van der Waals surface area (Å²) in [7, 11) is -0.881. The third kappa shape index (κ3) is 5.68. The zero-order valence-corrected chi connectivity index (χ0v) is 12.9. The monoisotopic (exact) mass is 306 g/mol. The summed E-state index contributed by atoms with van der Waals surface area (Å²) in [5.74, 6) is 1.55. The van der Waals surface area contributed by atoms with Crippen molar-refractivity contribution in [3.8, 4) is 5.75 Å². The lowest BCUT2D eigenvalue weighted by atomic mass is 10.2. The normalized spacial score (nSPS) is 12.1. The second-order valence-electron chi connectivity index (χ2n) is 4.93. The summed E-state index contributed by atoms with van der Waals surface area (Å²) in [5.41, 5.74) is 2.29. The first-order valence-corrected chi connectivity index (χ1v) is 8.41. The predicted octanol–water partition coefficient (Wildman–Crippen LogP) is 3.85. The van der Waals surface area contributed by atoms with Gasteiger partial charge in [0, 0.05) is 22.3 Å². The number of hydrogen-bond acceptors (Lipinski definition) is 2. The van der Waals surface area contributed by atoms with Crippen LogP contribution in [-0.2, 0) is 16.6 Å². The second-order valence-corrected chi connectivity index (χ2v) is 6.51. The van der Waals surface area contributed by atoms with E-state index in [0.29, 0.717) is 23.9 Å². The Morgan fingerprint density at radius 2 is 1.90 bits per heavy atom. The molecular weight excluding hydrogens is 287 g/mol. The molecule has 0 heterocycles.